The van der Waals surface area contributed by atoms with Crippen LogP contribution in [0.1, 0.15) is 32.2 Å². The Bertz CT molecular complexity index is 1320. The van der Waals surface area contributed by atoms with E-state index in [1.54, 1.807) is 36.4 Å². The summed E-state index contributed by atoms with van der Waals surface area (Å²) in [7, 11) is 1.31. The van der Waals surface area contributed by atoms with E-state index in [0.29, 0.717) is 22.6 Å². The number of nitrogens with zero attached hydrogens (tertiary/aromatic N) is 3. The summed E-state index contributed by atoms with van der Waals surface area (Å²) in [6.45, 7) is 0.334. The predicted octanol–water partition coefficient (Wildman–Crippen LogP) is 4.33. The van der Waals surface area contributed by atoms with Crippen molar-refractivity contribution in [1.82, 2.24) is 14.8 Å². The van der Waals surface area contributed by atoms with Gasteiger partial charge in [-0.15, -0.1) is 5.10 Å². The van der Waals surface area contributed by atoms with E-state index in [1.807, 2.05) is 0 Å². The third kappa shape index (κ3) is 5.59. The number of hydrogen-bond acceptors (Lipinski definition) is 7. The van der Waals surface area contributed by atoms with Crippen LogP contribution in [-0.2, 0) is 17.9 Å². The molecule has 0 fully saturated rings. The number of halogens is 2. The van der Waals surface area contributed by atoms with Crippen molar-refractivity contribution >= 4 is 29.4 Å². The number of carbonyl (C=O) groups excluding carboxylic acids is 2. The van der Waals surface area contributed by atoms with Crippen molar-refractivity contribution in [3.05, 3.63) is 94.4 Å². The normalized spacial score (nSPS) is 10.7. The molecule has 11 heteroatoms. The Hall–Kier alpha value is -4.18. The van der Waals surface area contributed by atoms with Crippen LogP contribution in [0.4, 0.5) is 10.3 Å². The molecule has 0 spiro atoms. The first kappa shape index (κ1) is 23.0. The van der Waals surface area contributed by atoms with Gasteiger partial charge in [0.15, 0.2) is 5.76 Å². The number of carbonyl (C=O) groups is 2. The molecule has 0 unspecified atom stereocenters. The van der Waals surface area contributed by atoms with Gasteiger partial charge in [-0.05, 0) is 54.1 Å². The number of esters is 1. The standard InChI is InChI=1S/C23H18ClFN4O5/c1-32-22(31)14-3-6-17(7-4-14)33-12-18-8-9-20(34-18)21(30)27-23-26-13-29(28-23)11-15-2-5-16(25)10-19(15)24/h2-10,13H,11-12H2,1H3,(H,27,28,30). The van der Waals surface area contributed by atoms with Crippen molar-refractivity contribution in [2.45, 2.75) is 13.2 Å². The molecule has 0 radical (unpaired) electrons. The van der Waals surface area contributed by atoms with E-state index in [4.69, 9.17) is 20.8 Å². The molecule has 0 aliphatic carbocycles. The van der Waals surface area contributed by atoms with Crippen LogP contribution in [0.2, 0.25) is 5.02 Å². The lowest BCUT2D eigenvalue weighted by Gasteiger charge is -2.05. The number of benzene rings is 2. The second kappa shape index (κ2) is 10.2. The molecule has 0 atom stereocenters. The summed E-state index contributed by atoms with van der Waals surface area (Å²) in [5.41, 5.74) is 1.06. The number of rotatable bonds is 8. The third-order valence-electron chi connectivity index (χ3n) is 4.65. The quantitative estimate of drug-likeness (QED) is 0.371. The molecule has 174 valence electrons. The fourth-order valence-electron chi connectivity index (χ4n) is 2.95. The van der Waals surface area contributed by atoms with Crippen LogP contribution in [0, 0.1) is 5.82 Å². The Kier molecular flexibility index (Phi) is 6.88. The molecule has 0 saturated carbocycles. The summed E-state index contributed by atoms with van der Waals surface area (Å²) in [6, 6.07) is 13.6. The molecule has 0 bridgehead atoms. The molecule has 9 nitrogen and oxygen atoms in total. The average molecular weight is 485 g/mol. The van der Waals surface area contributed by atoms with Gasteiger partial charge in [-0.2, -0.15) is 0 Å². The van der Waals surface area contributed by atoms with E-state index < -0.39 is 17.7 Å². The molecular weight excluding hydrogens is 467 g/mol. The van der Waals surface area contributed by atoms with Gasteiger partial charge in [-0.25, -0.2) is 18.9 Å². The largest absolute Gasteiger partial charge is 0.486 e. The van der Waals surface area contributed by atoms with Gasteiger partial charge in [0.05, 0.1) is 19.2 Å². The van der Waals surface area contributed by atoms with Gasteiger partial charge in [-0.1, -0.05) is 17.7 Å². The first-order valence-electron chi connectivity index (χ1n) is 9.96. The van der Waals surface area contributed by atoms with Gasteiger partial charge in [0, 0.05) is 5.02 Å². The SMILES string of the molecule is COC(=O)c1ccc(OCc2ccc(C(=O)Nc3ncn(Cc4ccc(F)cc4Cl)n3)o2)cc1. The monoisotopic (exact) mass is 484 g/mol. The van der Waals surface area contributed by atoms with Crippen LogP contribution in [0.3, 0.4) is 0 Å². The fourth-order valence-corrected chi connectivity index (χ4v) is 3.18. The lowest BCUT2D eigenvalue weighted by Crippen LogP contribution is -2.12. The van der Waals surface area contributed by atoms with Crippen LogP contribution < -0.4 is 10.1 Å². The molecule has 1 amide bonds. The highest BCUT2D eigenvalue weighted by molar-refractivity contribution is 6.31. The maximum atomic E-state index is 13.2. The van der Waals surface area contributed by atoms with Crippen LogP contribution >= 0.6 is 11.6 Å². The molecule has 2 aromatic carbocycles. The number of furan rings is 1. The molecule has 1 N–H and O–H groups in total. The molecular formula is C23H18ClFN4O5. The molecule has 4 aromatic rings. The lowest BCUT2D eigenvalue weighted by molar-refractivity contribution is 0.0600. The summed E-state index contributed by atoms with van der Waals surface area (Å²) in [4.78, 5) is 28.0. The maximum Gasteiger partial charge on any atom is 0.337 e. The van der Waals surface area contributed by atoms with Gasteiger partial charge >= 0.3 is 5.97 Å². The number of hydrogen-bond donors (Lipinski definition) is 1. The molecule has 4 rings (SSSR count). The Balaban J connectivity index is 1.31. The van der Waals surface area contributed by atoms with E-state index in [9.17, 15) is 14.0 Å². The van der Waals surface area contributed by atoms with E-state index >= 15 is 0 Å². The minimum Gasteiger partial charge on any atom is -0.486 e. The van der Waals surface area contributed by atoms with Crippen molar-refractivity contribution < 1.29 is 27.9 Å². The number of aromatic nitrogens is 3. The number of methoxy groups -OCH3 is 1. The van der Waals surface area contributed by atoms with Gasteiger partial charge in [0.1, 0.15) is 30.3 Å². The zero-order chi connectivity index (χ0) is 24.1. The summed E-state index contributed by atoms with van der Waals surface area (Å²) < 4.78 is 30.4. The Morgan fingerprint density at radius 2 is 1.94 bits per heavy atom. The Labute approximate surface area is 198 Å². The topological polar surface area (TPSA) is 108 Å². The number of ether oxygens (including phenoxy) is 2. The van der Waals surface area contributed by atoms with Gasteiger partial charge in [-0.3, -0.25) is 10.1 Å². The van der Waals surface area contributed by atoms with Crippen LogP contribution in [0.15, 0.2) is 65.3 Å². The van der Waals surface area contributed by atoms with Gasteiger partial charge in [0.25, 0.3) is 5.91 Å². The molecule has 2 heterocycles. The second-order valence-corrected chi connectivity index (χ2v) is 7.43. The van der Waals surface area contributed by atoms with E-state index in [1.165, 1.54) is 36.3 Å². The molecule has 2 aromatic heterocycles. The second-order valence-electron chi connectivity index (χ2n) is 7.03. The fraction of sp³-hybridized carbons (Fsp3) is 0.130. The molecule has 0 saturated heterocycles. The van der Waals surface area contributed by atoms with Crippen molar-refractivity contribution in [3.8, 4) is 5.75 Å². The lowest BCUT2D eigenvalue weighted by atomic mass is 10.2. The predicted molar refractivity (Wildman–Crippen MR) is 119 cm³/mol. The van der Waals surface area contributed by atoms with Gasteiger partial charge in [0.2, 0.25) is 5.95 Å². The number of amides is 1. The van der Waals surface area contributed by atoms with Crippen molar-refractivity contribution in [3.63, 3.8) is 0 Å². The molecule has 0 aliphatic rings. The van der Waals surface area contributed by atoms with Crippen LogP contribution in [0.5, 0.6) is 5.75 Å². The summed E-state index contributed by atoms with van der Waals surface area (Å²) in [6.07, 6.45) is 1.42. The van der Waals surface area contributed by atoms with E-state index in [2.05, 4.69) is 20.1 Å². The van der Waals surface area contributed by atoms with Crippen molar-refractivity contribution in [2.24, 2.45) is 0 Å². The van der Waals surface area contributed by atoms with Crippen molar-refractivity contribution in [1.29, 1.82) is 0 Å². The molecule has 34 heavy (non-hydrogen) atoms. The highest BCUT2D eigenvalue weighted by Gasteiger charge is 2.15. The Morgan fingerprint density at radius 1 is 1.15 bits per heavy atom. The van der Waals surface area contributed by atoms with Crippen LogP contribution in [0.25, 0.3) is 0 Å². The van der Waals surface area contributed by atoms with E-state index in [-0.39, 0.29) is 29.9 Å². The minimum absolute atomic E-state index is 0.0533. The summed E-state index contributed by atoms with van der Waals surface area (Å²) in [5.74, 6) is -0.337. The third-order valence-corrected chi connectivity index (χ3v) is 5.00. The average Bonchev–Trinajstić information content (AvgIpc) is 3.49. The summed E-state index contributed by atoms with van der Waals surface area (Å²) in [5, 5.41) is 6.98. The number of anilines is 1. The van der Waals surface area contributed by atoms with Crippen LogP contribution in [-0.4, -0.2) is 33.8 Å². The highest BCUT2D eigenvalue weighted by atomic mass is 35.5. The zero-order valence-electron chi connectivity index (χ0n) is 17.8. The maximum absolute atomic E-state index is 13.2. The van der Waals surface area contributed by atoms with E-state index in [0.717, 1.165) is 0 Å². The Morgan fingerprint density at radius 3 is 2.68 bits per heavy atom. The minimum atomic E-state index is -0.536. The summed E-state index contributed by atoms with van der Waals surface area (Å²) >= 11 is 6.03. The van der Waals surface area contributed by atoms with Crippen molar-refractivity contribution in [2.75, 3.05) is 12.4 Å². The molecule has 0 aliphatic heterocycles. The smallest absolute Gasteiger partial charge is 0.337 e. The first-order valence-corrected chi connectivity index (χ1v) is 10.3. The highest BCUT2D eigenvalue weighted by Crippen LogP contribution is 2.19. The zero-order valence-corrected chi connectivity index (χ0v) is 18.6. The first-order chi connectivity index (χ1) is 16.4. The number of nitrogens with one attached hydrogen (secondary N) is 1. The van der Waals surface area contributed by atoms with Gasteiger partial charge < -0.3 is 13.9 Å².